The maximum atomic E-state index is 4.29. The van der Waals surface area contributed by atoms with E-state index in [1.165, 1.54) is 0 Å². The number of aromatic nitrogens is 3. The van der Waals surface area contributed by atoms with Crippen LogP contribution in [-0.4, -0.2) is 27.3 Å². The van der Waals surface area contributed by atoms with E-state index in [1.807, 2.05) is 25.3 Å². The van der Waals surface area contributed by atoms with Crippen molar-refractivity contribution in [3.63, 3.8) is 0 Å². The summed E-state index contributed by atoms with van der Waals surface area (Å²) < 4.78 is 0. The highest BCUT2D eigenvalue weighted by Gasteiger charge is 2.10. The Hall–Kier alpha value is -1.33. The molecule has 0 amide bonds. The fraction of sp³-hybridized carbons (Fsp3) is 0.500. The predicted octanol–water partition coefficient (Wildman–Crippen LogP) is 2.84. The highest BCUT2D eigenvalue weighted by molar-refractivity contribution is 7.14. The molecule has 0 saturated carbocycles. The van der Waals surface area contributed by atoms with Crippen LogP contribution < -0.4 is 5.32 Å². The second-order valence-corrected chi connectivity index (χ2v) is 6.68. The summed E-state index contributed by atoms with van der Waals surface area (Å²) in [5, 5.41) is 13.9. The highest BCUT2D eigenvalue weighted by atomic mass is 32.1. The Morgan fingerprint density at radius 2 is 2.00 bits per heavy atom. The number of nitrogens with zero attached hydrogens (tertiary/aromatic N) is 3. The number of hydrogen-bond donors (Lipinski definition) is 1. The standard InChI is InChI=1S/C14H20N4S/c1-10-5-6-11(9-15-10)13-18-17-12(19-13)7-8-16-14(2,3)4/h5-6,9,16H,7-8H2,1-4H3. The van der Waals surface area contributed by atoms with Crippen molar-refractivity contribution in [2.45, 2.75) is 39.7 Å². The molecule has 102 valence electrons. The Kier molecular flexibility index (Phi) is 4.27. The van der Waals surface area contributed by atoms with Gasteiger partial charge in [-0.15, -0.1) is 10.2 Å². The Labute approximate surface area is 118 Å². The first-order chi connectivity index (χ1) is 8.94. The molecule has 0 aliphatic heterocycles. The summed E-state index contributed by atoms with van der Waals surface area (Å²) in [7, 11) is 0. The first-order valence-electron chi connectivity index (χ1n) is 6.44. The molecule has 1 N–H and O–H groups in total. The van der Waals surface area contributed by atoms with Crippen molar-refractivity contribution >= 4 is 11.3 Å². The number of pyridine rings is 1. The molecule has 0 atom stereocenters. The van der Waals surface area contributed by atoms with Crippen molar-refractivity contribution in [3.05, 3.63) is 29.0 Å². The first-order valence-corrected chi connectivity index (χ1v) is 7.26. The monoisotopic (exact) mass is 276 g/mol. The number of aryl methyl sites for hydroxylation is 1. The van der Waals surface area contributed by atoms with E-state index in [0.29, 0.717) is 0 Å². The lowest BCUT2D eigenvalue weighted by Gasteiger charge is -2.19. The van der Waals surface area contributed by atoms with Gasteiger partial charge in [0.05, 0.1) is 0 Å². The van der Waals surface area contributed by atoms with Crippen LogP contribution in [0.4, 0.5) is 0 Å². The van der Waals surface area contributed by atoms with E-state index in [4.69, 9.17) is 0 Å². The third kappa shape index (κ3) is 4.36. The zero-order chi connectivity index (χ0) is 13.9. The van der Waals surface area contributed by atoms with Crippen molar-refractivity contribution in [1.82, 2.24) is 20.5 Å². The number of hydrogen-bond acceptors (Lipinski definition) is 5. The van der Waals surface area contributed by atoms with Crippen LogP contribution in [0.2, 0.25) is 0 Å². The summed E-state index contributed by atoms with van der Waals surface area (Å²) in [5.74, 6) is 0. The molecule has 2 aromatic rings. The molecule has 2 aromatic heterocycles. The van der Waals surface area contributed by atoms with Gasteiger partial charge in [0.25, 0.3) is 0 Å². The van der Waals surface area contributed by atoms with Crippen LogP contribution >= 0.6 is 11.3 Å². The van der Waals surface area contributed by atoms with Gasteiger partial charge in [-0.1, -0.05) is 11.3 Å². The average molecular weight is 276 g/mol. The van der Waals surface area contributed by atoms with Crippen LogP contribution in [0.3, 0.4) is 0 Å². The molecule has 0 saturated heterocycles. The molecule has 2 rings (SSSR count). The first kappa shape index (κ1) is 14.1. The van der Waals surface area contributed by atoms with Gasteiger partial charge in [-0.3, -0.25) is 4.98 Å². The number of nitrogens with one attached hydrogen (secondary N) is 1. The van der Waals surface area contributed by atoms with Gasteiger partial charge in [-0.05, 0) is 39.8 Å². The van der Waals surface area contributed by atoms with Crippen LogP contribution in [0.15, 0.2) is 18.3 Å². The summed E-state index contributed by atoms with van der Waals surface area (Å²) in [6, 6.07) is 4.04. The van der Waals surface area contributed by atoms with Gasteiger partial charge < -0.3 is 5.32 Å². The number of rotatable bonds is 4. The minimum atomic E-state index is 0.147. The normalized spacial score (nSPS) is 11.8. The second-order valence-electron chi connectivity index (χ2n) is 5.62. The van der Waals surface area contributed by atoms with Crippen LogP contribution in [0.5, 0.6) is 0 Å². The lowest BCUT2D eigenvalue weighted by molar-refractivity contribution is 0.429. The molecular weight excluding hydrogens is 256 g/mol. The molecule has 0 fully saturated rings. The Balaban J connectivity index is 1.97. The molecule has 19 heavy (non-hydrogen) atoms. The molecule has 0 aromatic carbocycles. The van der Waals surface area contributed by atoms with Crippen molar-refractivity contribution in [2.75, 3.05) is 6.54 Å². The summed E-state index contributed by atoms with van der Waals surface area (Å²) in [6.07, 6.45) is 2.77. The average Bonchev–Trinajstić information content (AvgIpc) is 2.77. The molecule has 0 unspecified atom stereocenters. The second kappa shape index (κ2) is 5.75. The third-order valence-corrected chi connectivity index (χ3v) is 3.65. The topological polar surface area (TPSA) is 50.7 Å². The summed E-state index contributed by atoms with van der Waals surface area (Å²) in [4.78, 5) is 4.29. The van der Waals surface area contributed by atoms with Crippen molar-refractivity contribution in [1.29, 1.82) is 0 Å². The van der Waals surface area contributed by atoms with Crippen LogP contribution in [0.1, 0.15) is 31.5 Å². The Bertz CT molecular complexity index is 525. The van der Waals surface area contributed by atoms with Crippen molar-refractivity contribution < 1.29 is 0 Å². The molecule has 0 bridgehead atoms. The van der Waals surface area contributed by atoms with Crippen molar-refractivity contribution in [2.24, 2.45) is 0 Å². The maximum Gasteiger partial charge on any atom is 0.149 e. The Morgan fingerprint density at radius 3 is 2.63 bits per heavy atom. The van der Waals surface area contributed by atoms with Gasteiger partial charge in [-0.2, -0.15) is 0 Å². The predicted molar refractivity (Wildman–Crippen MR) is 79.3 cm³/mol. The fourth-order valence-corrected chi connectivity index (χ4v) is 2.44. The van der Waals surface area contributed by atoms with E-state index in [1.54, 1.807) is 11.3 Å². The van der Waals surface area contributed by atoms with Crippen LogP contribution in [-0.2, 0) is 6.42 Å². The van der Waals surface area contributed by atoms with Gasteiger partial charge >= 0.3 is 0 Å². The quantitative estimate of drug-likeness (QED) is 0.933. The van der Waals surface area contributed by atoms with Gasteiger partial charge in [0, 0.05) is 36.0 Å². The summed E-state index contributed by atoms with van der Waals surface area (Å²) in [6.45, 7) is 9.39. The van der Waals surface area contributed by atoms with Gasteiger partial charge in [0.15, 0.2) is 0 Å². The van der Waals surface area contributed by atoms with E-state index in [2.05, 4.69) is 41.3 Å². The SMILES string of the molecule is Cc1ccc(-c2nnc(CCNC(C)(C)C)s2)cn1. The van der Waals surface area contributed by atoms with Gasteiger partial charge in [0.2, 0.25) is 0 Å². The Morgan fingerprint density at radius 1 is 1.21 bits per heavy atom. The minimum Gasteiger partial charge on any atom is -0.312 e. The zero-order valence-corrected chi connectivity index (χ0v) is 12.7. The van der Waals surface area contributed by atoms with Gasteiger partial charge in [-0.25, -0.2) is 0 Å². The lowest BCUT2D eigenvalue weighted by atomic mass is 10.1. The van der Waals surface area contributed by atoms with E-state index in [0.717, 1.165) is 34.2 Å². The fourth-order valence-electron chi connectivity index (χ4n) is 1.61. The molecule has 4 nitrogen and oxygen atoms in total. The van der Waals surface area contributed by atoms with Crippen molar-refractivity contribution in [3.8, 4) is 10.6 Å². The molecule has 5 heteroatoms. The zero-order valence-electron chi connectivity index (χ0n) is 11.9. The third-order valence-electron chi connectivity index (χ3n) is 2.62. The van der Waals surface area contributed by atoms with E-state index < -0.39 is 0 Å². The van der Waals surface area contributed by atoms with E-state index in [-0.39, 0.29) is 5.54 Å². The summed E-state index contributed by atoms with van der Waals surface area (Å²) >= 11 is 1.64. The minimum absolute atomic E-state index is 0.147. The molecule has 2 heterocycles. The molecule has 0 aliphatic carbocycles. The molecule has 0 radical (unpaired) electrons. The smallest absolute Gasteiger partial charge is 0.149 e. The van der Waals surface area contributed by atoms with Gasteiger partial charge in [0.1, 0.15) is 10.0 Å². The largest absolute Gasteiger partial charge is 0.312 e. The molecular formula is C14H20N4S. The maximum absolute atomic E-state index is 4.29. The van der Waals surface area contributed by atoms with Crippen LogP contribution in [0, 0.1) is 6.92 Å². The summed E-state index contributed by atoms with van der Waals surface area (Å²) in [5.41, 5.74) is 2.20. The van der Waals surface area contributed by atoms with Crippen LogP contribution in [0.25, 0.3) is 10.6 Å². The molecule has 0 spiro atoms. The van der Waals surface area contributed by atoms with E-state index in [9.17, 15) is 0 Å². The lowest BCUT2D eigenvalue weighted by Crippen LogP contribution is -2.37. The highest BCUT2D eigenvalue weighted by Crippen LogP contribution is 2.22. The molecule has 0 aliphatic rings. The van der Waals surface area contributed by atoms with E-state index >= 15 is 0 Å².